The van der Waals surface area contributed by atoms with Crippen LogP contribution in [0.25, 0.3) is 0 Å². The van der Waals surface area contributed by atoms with E-state index < -0.39 is 0 Å². The first kappa shape index (κ1) is 13.6. The maximum Gasteiger partial charge on any atom is 0.320 e. The molecule has 1 aromatic carbocycles. The van der Waals surface area contributed by atoms with E-state index in [-0.39, 0.29) is 0 Å². The molecule has 0 atom stereocenters. The predicted molar refractivity (Wildman–Crippen MR) is 73.0 cm³/mol. The van der Waals surface area contributed by atoms with Gasteiger partial charge in [-0.15, -0.1) is 5.10 Å². The largest absolute Gasteiger partial charge is 0.495 e. The van der Waals surface area contributed by atoms with E-state index in [9.17, 15) is 0 Å². The highest BCUT2D eigenvalue weighted by Gasteiger charge is 2.10. The molecule has 102 valence electrons. The summed E-state index contributed by atoms with van der Waals surface area (Å²) < 4.78 is 10.7. The van der Waals surface area contributed by atoms with Crippen molar-refractivity contribution >= 4 is 23.3 Å². The van der Waals surface area contributed by atoms with Crippen molar-refractivity contribution < 1.29 is 9.15 Å². The minimum absolute atomic E-state index is 0.303. The maximum atomic E-state index is 5.95. The number of anilines is 2. The summed E-state index contributed by atoms with van der Waals surface area (Å²) in [5, 5.41) is 11.4. The molecular formula is C12H15ClN4O2. The van der Waals surface area contributed by atoms with E-state index in [4.69, 9.17) is 20.8 Å². The molecule has 0 fully saturated rings. The zero-order valence-electron chi connectivity index (χ0n) is 11.0. The van der Waals surface area contributed by atoms with Crippen molar-refractivity contribution in [3.8, 4) is 5.75 Å². The lowest BCUT2D eigenvalue weighted by Gasteiger charge is -2.08. The van der Waals surface area contributed by atoms with Crippen molar-refractivity contribution in [3.05, 3.63) is 29.1 Å². The number of hydrogen-bond acceptors (Lipinski definition) is 6. The molecule has 0 bridgehead atoms. The van der Waals surface area contributed by atoms with E-state index in [0.29, 0.717) is 34.9 Å². The SMILES string of the molecule is COc1ccc(Cl)cc1Nc1nnc(CN(C)C)o1. The van der Waals surface area contributed by atoms with Gasteiger partial charge in [-0.2, -0.15) is 0 Å². The van der Waals surface area contributed by atoms with Crippen LogP contribution in [0.15, 0.2) is 22.6 Å². The summed E-state index contributed by atoms with van der Waals surface area (Å²) in [5.41, 5.74) is 0.676. The van der Waals surface area contributed by atoms with Gasteiger partial charge in [0.25, 0.3) is 0 Å². The second-order valence-electron chi connectivity index (χ2n) is 4.21. The van der Waals surface area contributed by atoms with E-state index in [1.165, 1.54) is 0 Å². The Balaban J connectivity index is 2.16. The van der Waals surface area contributed by atoms with Crippen molar-refractivity contribution in [2.24, 2.45) is 0 Å². The molecule has 0 aliphatic heterocycles. The lowest BCUT2D eigenvalue weighted by molar-refractivity contribution is 0.344. The summed E-state index contributed by atoms with van der Waals surface area (Å²) in [6.45, 7) is 0.585. The van der Waals surface area contributed by atoms with Crippen LogP contribution in [-0.2, 0) is 6.54 Å². The zero-order chi connectivity index (χ0) is 13.8. The number of ether oxygens (including phenoxy) is 1. The second kappa shape index (κ2) is 5.90. The zero-order valence-corrected chi connectivity index (χ0v) is 11.7. The van der Waals surface area contributed by atoms with Crippen LogP contribution in [0.2, 0.25) is 5.02 Å². The first-order chi connectivity index (χ1) is 9.08. The molecule has 0 saturated carbocycles. The summed E-state index contributed by atoms with van der Waals surface area (Å²) in [4.78, 5) is 1.94. The minimum Gasteiger partial charge on any atom is -0.495 e. The summed E-state index contributed by atoms with van der Waals surface area (Å²) in [5.74, 6) is 1.19. The molecular weight excluding hydrogens is 268 g/mol. The van der Waals surface area contributed by atoms with Crippen molar-refractivity contribution in [3.63, 3.8) is 0 Å². The highest BCUT2D eigenvalue weighted by atomic mass is 35.5. The van der Waals surface area contributed by atoms with Gasteiger partial charge in [0.2, 0.25) is 5.89 Å². The molecule has 1 aromatic heterocycles. The molecule has 0 unspecified atom stereocenters. The summed E-state index contributed by atoms with van der Waals surface area (Å²) in [7, 11) is 5.44. The van der Waals surface area contributed by atoms with Crippen LogP contribution in [0.1, 0.15) is 5.89 Å². The fourth-order valence-electron chi connectivity index (χ4n) is 1.53. The standard InChI is InChI=1S/C12H15ClN4O2/c1-17(2)7-11-15-16-12(19-11)14-9-6-8(13)4-5-10(9)18-3/h4-6H,7H2,1-3H3,(H,14,16). The fraction of sp³-hybridized carbons (Fsp3) is 0.333. The summed E-state index contributed by atoms with van der Waals surface area (Å²) in [6.07, 6.45) is 0. The Morgan fingerprint density at radius 1 is 1.37 bits per heavy atom. The van der Waals surface area contributed by atoms with Gasteiger partial charge < -0.3 is 19.4 Å². The monoisotopic (exact) mass is 282 g/mol. The third-order valence-electron chi connectivity index (χ3n) is 2.32. The van der Waals surface area contributed by atoms with E-state index in [0.717, 1.165) is 0 Å². The van der Waals surface area contributed by atoms with Crippen LogP contribution < -0.4 is 10.1 Å². The molecule has 0 aliphatic rings. The van der Waals surface area contributed by atoms with Crippen LogP contribution in [0, 0.1) is 0 Å². The quantitative estimate of drug-likeness (QED) is 0.909. The number of nitrogens with one attached hydrogen (secondary N) is 1. The van der Waals surface area contributed by atoms with Gasteiger partial charge in [0.1, 0.15) is 5.75 Å². The number of rotatable bonds is 5. The van der Waals surface area contributed by atoms with E-state index in [2.05, 4.69) is 15.5 Å². The van der Waals surface area contributed by atoms with Gasteiger partial charge in [-0.1, -0.05) is 16.7 Å². The van der Waals surface area contributed by atoms with Crippen molar-refractivity contribution in [2.75, 3.05) is 26.5 Å². The summed E-state index contributed by atoms with van der Waals surface area (Å²) >= 11 is 5.95. The topological polar surface area (TPSA) is 63.4 Å². The number of nitrogens with zero attached hydrogens (tertiary/aromatic N) is 3. The number of hydrogen-bond donors (Lipinski definition) is 1. The normalized spacial score (nSPS) is 10.8. The van der Waals surface area contributed by atoms with E-state index in [1.54, 1.807) is 25.3 Å². The van der Waals surface area contributed by atoms with Gasteiger partial charge >= 0.3 is 6.01 Å². The molecule has 0 aliphatic carbocycles. The average molecular weight is 283 g/mol. The molecule has 0 saturated heterocycles. The number of aromatic nitrogens is 2. The molecule has 6 nitrogen and oxygen atoms in total. The van der Waals surface area contributed by atoms with Gasteiger partial charge in [0.15, 0.2) is 0 Å². The van der Waals surface area contributed by atoms with Gasteiger partial charge in [-0.25, -0.2) is 0 Å². The number of halogens is 1. The Kier molecular flexibility index (Phi) is 4.24. The Hall–Kier alpha value is -1.79. The summed E-state index contributed by atoms with van der Waals surface area (Å²) in [6, 6.07) is 5.55. The fourth-order valence-corrected chi connectivity index (χ4v) is 1.70. The molecule has 19 heavy (non-hydrogen) atoms. The molecule has 1 N–H and O–H groups in total. The Morgan fingerprint density at radius 3 is 2.84 bits per heavy atom. The molecule has 0 amide bonds. The van der Waals surface area contributed by atoms with Crippen LogP contribution in [0.4, 0.5) is 11.7 Å². The van der Waals surface area contributed by atoms with Gasteiger partial charge in [0, 0.05) is 5.02 Å². The Labute approximate surface area is 116 Å². The predicted octanol–water partition coefficient (Wildman–Crippen LogP) is 2.54. The van der Waals surface area contributed by atoms with Gasteiger partial charge in [-0.3, -0.25) is 0 Å². The smallest absolute Gasteiger partial charge is 0.320 e. The number of benzene rings is 1. The van der Waals surface area contributed by atoms with Gasteiger partial charge in [0.05, 0.1) is 19.3 Å². The minimum atomic E-state index is 0.303. The van der Waals surface area contributed by atoms with Crippen LogP contribution in [-0.4, -0.2) is 36.3 Å². The average Bonchev–Trinajstić information content (AvgIpc) is 2.76. The second-order valence-corrected chi connectivity index (χ2v) is 4.64. The molecule has 2 rings (SSSR count). The number of methoxy groups -OCH3 is 1. The first-order valence-electron chi connectivity index (χ1n) is 5.66. The molecule has 1 heterocycles. The molecule has 7 heteroatoms. The van der Waals surface area contributed by atoms with Crippen LogP contribution in [0.3, 0.4) is 0 Å². The third-order valence-corrected chi connectivity index (χ3v) is 2.56. The van der Waals surface area contributed by atoms with Crippen molar-refractivity contribution in [1.29, 1.82) is 0 Å². The Bertz CT molecular complexity index is 556. The van der Waals surface area contributed by atoms with Gasteiger partial charge in [-0.05, 0) is 32.3 Å². The molecule has 0 spiro atoms. The first-order valence-corrected chi connectivity index (χ1v) is 6.04. The maximum absolute atomic E-state index is 5.95. The highest BCUT2D eigenvalue weighted by molar-refractivity contribution is 6.30. The molecule has 0 radical (unpaired) electrons. The van der Waals surface area contributed by atoms with E-state index >= 15 is 0 Å². The van der Waals surface area contributed by atoms with E-state index in [1.807, 2.05) is 19.0 Å². The van der Waals surface area contributed by atoms with Crippen LogP contribution >= 0.6 is 11.6 Å². The lowest BCUT2D eigenvalue weighted by atomic mass is 10.3. The molecule has 2 aromatic rings. The van der Waals surface area contributed by atoms with Crippen molar-refractivity contribution in [2.45, 2.75) is 6.54 Å². The van der Waals surface area contributed by atoms with Crippen LogP contribution in [0.5, 0.6) is 5.75 Å². The Morgan fingerprint density at radius 2 is 2.16 bits per heavy atom. The lowest BCUT2D eigenvalue weighted by Crippen LogP contribution is -2.10. The highest BCUT2D eigenvalue weighted by Crippen LogP contribution is 2.30. The van der Waals surface area contributed by atoms with Crippen molar-refractivity contribution in [1.82, 2.24) is 15.1 Å². The third kappa shape index (κ3) is 3.59.